The Bertz CT molecular complexity index is 859. The summed E-state index contributed by atoms with van der Waals surface area (Å²) < 4.78 is 10.7. The number of carbonyl (C=O) groups excluding carboxylic acids is 2. The first-order valence-electron chi connectivity index (χ1n) is 9.27. The van der Waals surface area contributed by atoms with E-state index in [0.29, 0.717) is 24.1 Å². The predicted octanol–water partition coefficient (Wildman–Crippen LogP) is 3.22. The van der Waals surface area contributed by atoms with Crippen LogP contribution in [0.3, 0.4) is 0 Å². The summed E-state index contributed by atoms with van der Waals surface area (Å²) in [5.41, 5.74) is 2.29. The van der Waals surface area contributed by atoms with Crippen LogP contribution >= 0.6 is 0 Å². The van der Waals surface area contributed by atoms with E-state index in [1.165, 1.54) is 0 Å². The second-order valence-electron chi connectivity index (χ2n) is 6.82. The second kappa shape index (κ2) is 7.70. The van der Waals surface area contributed by atoms with Crippen LogP contribution in [-0.4, -0.2) is 36.6 Å². The average Bonchev–Trinajstić information content (AvgIpc) is 3.37. The summed E-state index contributed by atoms with van der Waals surface area (Å²) in [6, 6.07) is 12.9. The number of rotatable bonds is 5. The lowest BCUT2D eigenvalue weighted by Gasteiger charge is -2.15. The molecule has 0 saturated carbocycles. The lowest BCUT2D eigenvalue weighted by Crippen LogP contribution is -2.27. The van der Waals surface area contributed by atoms with Crippen molar-refractivity contribution in [2.45, 2.75) is 25.7 Å². The Balaban J connectivity index is 1.34. The van der Waals surface area contributed by atoms with E-state index in [1.54, 1.807) is 24.3 Å². The Kier molecular flexibility index (Phi) is 4.96. The summed E-state index contributed by atoms with van der Waals surface area (Å²) in [5, 5.41) is 2.88. The molecule has 0 aliphatic carbocycles. The molecule has 2 aliphatic heterocycles. The van der Waals surface area contributed by atoms with Crippen LogP contribution in [0.1, 0.15) is 35.2 Å². The topological polar surface area (TPSA) is 67.9 Å². The highest BCUT2D eigenvalue weighted by molar-refractivity contribution is 5.97. The number of hydrogen-bond acceptors (Lipinski definition) is 4. The maximum atomic E-state index is 12.5. The van der Waals surface area contributed by atoms with Crippen molar-refractivity contribution in [3.8, 4) is 11.5 Å². The molecule has 6 nitrogen and oxygen atoms in total. The van der Waals surface area contributed by atoms with Crippen LogP contribution in [0.4, 0.5) is 5.69 Å². The van der Waals surface area contributed by atoms with Crippen LogP contribution < -0.4 is 14.8 Å². The zero-order valence-electron chi connectivity index (χ0n) is 15.1. The largest absolute Gasteiger partial charge is 0.454 e. The van der Waals surface area contributed by atoms with Gasteiger partial charge in [0.05, 0.1) is 0 Å². The number of carbonyl (C=O) groups is 2. The summed E-state index contributed by atoms with van der Waals surface area (Å²) >= 11 is 0. The first-order valence-corrected chi connectivity index (χ1v) is 9.27. The highest BCUT2D eigenvalue weighted by Crippen LogP contribution is 2.32. The van der Waals surface area contributed by atoms with E-state index in [4.69, 9.17) is 9.47 Å². The number of ether oxygens (including phenoxy) is 2. The minimum absolute atomic E-state index is 0.0314. The number of nitrogens with zero attached hydrogens (tertiary/aromatic N) is 1. The van der Waals surface area contributed by atoms with Crippen molar-refractivity contribution in [2.24, 2.45) is 0 Å². The van der Waals surface area contributed by atoms with Crippen molar-refractivity contribution in [1.29, 1.82) is 0 Å². The van der Waals surface area contributed by atoms with Crippen LogP contribution in [0.2, 0.25) is 0 Å². The van der Waals surface area contributed by atoms with Crippen LogP contribution in [0.15, 0.2) is 42.5 Å². The first kappa shape index (κ1) is 17.4. The molecule has 27 heavy (non-hydrogen) atoms. The number of nitrogens with one attached hydrogen (secondary N) is 1. The van der Waals surface area contributed by atoms with Gasteiger partial charge in [-0.25, -0.2) is 0 Å². The summed E-state index contributed by atoms with van der Waals surface area (Å²) in [6.45, 7) is 1.86. The fourth-order valence-electron chi connectivity index (χ4n) is 3.41. The molecule has 1 saturated heterocycles. The third kappa shape index (κ3) is 4.05. The fourth-order valence-corrected chi connectivity index (χ4v) is 3.41. The first-order chi connectivity index (χ1) is 13.2. The zero-order valence-corrected chi connectivity index (χ0v) is 15.1. The summed E-state index contributed by atoms with van der Waals surface area (Å²) in [7, 11) is 0. The standard InChI is InChI=1S/C21H22N2O4/c24-20(9-7-15-6-8-18-19(12-15)27-14-26-18)22-17-5-3-4-16(13-17)21(25)23-10-1-2-11-23/h3-6,8,12-13H,1-2,7,9-11,14H2,(H,22,24). The molecule has 0 bridgehead atoms. The molecule has 2 heterocycles. The molecule has 1 fully saturated rings. The number of hydrogen-bond donors (Lipinski definition) is 1. The molecule has 2 aliphatic rings. The van der Waals surface area contributed by atoms with E-state index in [1.807, 2.05) is 23.1 Å². The smallest absolute Gasteiger partial charge is 0.253 e. The molecule has 2 amide bonds. The second-order valence-corrected chi connectivity index (χ2v) is 6.82. The van der Waals surface area contributed by atoms with Gasteiger partial charge in [-0.1, -0.05) is 12.1 Å². The van der Waals surface area contributed by atoms with Gasteiger partial charge in [-0.15, -0.1) is 0 Å². The lowest BCUT2D eigenvalue weighted by molar-refractivity contribution is -0.116. The van der Waals surface area contributed by atoms with Crippen molar-refractivity contribution in [1.82, 2.24) is 4.90 Å². The minimum atomic E-state index is -0.0848. The fraction of sp³-hybridized carbons (Fsp3) is 0.333. The predicted molar refractivity (Wildman–Crippen MR) is 101 cm³/mol. The summed E-state index contributed by atoms with van der Waals surface area (Å²) in [5.74, 6) is 1.41. The molecule has 0 spiro atoms. The number of amides is 2. The molecule has 0 unspecified atom stereocenters. The van der Waals surface area contributed by atoms with Gasteiger partial charge in [-0.05, 0) is 55.2 Å². The Labute approximate surface area is 158 Å². The van der Waals surface area contributed by atoms with Gasteiger partial charge in [0.1, 0.15) is 0 Å². The third-order valence-corrected chi connectivity index (χ3v) is 4.86. The Morgan fingerprint density at radius 1 is 1.00 bits per heavy atom. The monoisotopic (exact) mass is 366 g/mol. The quantitative estimate of drug-likeness (QED) is 0.882. The molecular weight excluding hydrogens is 344 g/mol. The van der Waals surface area contributed by atoms with Crippen molar-refractivity contribution < 1.29 is 19.1 Å². The SMILES string of the molecule is O=C(CCc1ccc2c(c1)OCO2)Nc1cccc(C(=O)N2CCCC2)c1. The maximum Gasteiger partial charge on any atom is 0.253 e. The molecule has 140 valence electrons. The van der Waals surface area contributed by atoms with E-state index in [2.05, 4.69) is 5.32 Å². The van der Waals surface area contributed by atoms with Gasteiger partial charge in [0.15, 0.2) is 11.5 Å². The number of likely N-dealkylation sites (tertiary alicyclic amines) is 1. The highest BCUT2D eigenvalue weighted by Gasteiger charge is 2.19. The van der Waals surface area contributed by atoms with Gasteiger partial charge in [0, 0.05) is 30.8 Å². The van der Waals surface area contributed by atoms with Crippen molar-refractivity contribution in [3.63, 3.8) is 0 Å². The Morgan fingerprint density at radius 2 is 1.81 bits per heavy atom. The number of aryl methyl sites for hydroxylation is 1. The van der Waals surface area contributed by atoms with Gasteiger partial charge in [-0.2, -0.15) is 0 Å². The normalized spacial score (nSPS) is 15.0. The molecule has 6 heteroatoms. The minimum Gasteiger partial charge on any atom is -0.454 e. The number of anilines is 1. The molecule has 0 radical (unpaired) electrons. The van der Waals surface area contributed by atoms with Crippen molar-refractivity contribution in [3.05, 3.63) is 53.6 Å². The molecular formula is C21H22N2O4. The summed E-state index contributed by atoms with van der Waals surface area (Å²) in [6.07, 6.45) is 3.07. The molecule has 0 atom stereocenters. The van der Waals surface area contributed by atoms with E-state index >= 15 is 0 Å². The van der Waals surface area contributed by atoms with Gasteiger partial charge in [0.25, 0.3) is 5.91 Å². The van der Waals surface area contributed by atoms with Crippen LogP contribution in [-0.2, 0) is 11.2 Å². The molecule has 4 rings (SSSR count). The number of benzene rings is 2. The van der Waals surface area contributed by atoms with Gasteiger partial charge < -0.3 is 19.7 Å². The van der Waals surface area contributed by atoms with E-state index in [0.717, 1.165) is 43.0 Å². The molecule has 1 N–H and O–H groups in total. The Hall–Kier alpha value is -3.02. The highest BCUT2D eigenvalue weighted by atomic mass is 16.7. The molecule has 2 aromatic rings. The zero-order chi connectivity index (χ0) is 18.6. The third-order valence-electron chi connectivity index (χ3n) is 4.86. The van der Waals surface area contributed by atoms with Crippen molar-refractivity contribution in [2.75, 3.05) is 25.2 Å². The van der Waals surface area contributed by atoms with E-state index in [-0.39, 0.29) is 18.6 Å². The molecule has 0 aromatic heterocycles. The maximum absolute atomic E-state index is 12.5. The van der Waals surface area contributed by atoms with Crippen molar-refractivity contribution >= 4 is 17.5 Å². The molecule has 2 aromatic carbocycles. The van der Waals surface area contributed by atoms with E-state index < -0.39 is 0 Å². The number of fused-ring (bicyclic) bond motifs is 1. The van der Waals surface area contributed by atoms with Crippen LogP contribution in [0, 0.1) is 0 Å². The van der Waals surface area contributed by atoms with Gasteiger partial charge >= 0.3 is 0 Å². The summed E-state index contributed by atoms with van der Waals surface area (Å²) in [4.78, 5) is 26.6. The lowest BCUT2D eigenvalue weighted by atomic mass is 10.1. The average molecular weight is 366 g/mol. The van der Waals surface area contributed by atoms with E-state index in [9.17, 15) is 9.59 Å². The van der Waals surface area contributed by atoms with Gasteiger partial charge in [0.2, 0.25) is 12.7 Å². The van der Waals surface area contributed by atoms with Crippen LogP contribution in [0.5, 0.6) is 11.5 Å². The van der Waals surface area contributed by atoms with Gasteiger partial charge in [-0.3, -0.25) is 9.59 Å². The Morgan fingerprint density at radius 3 is 2.67 bits per heavy atom. The van der Waals surface area contributed by atoms with Crippen LogP contribution in [0.25, 0.3) is 0 Å².